The quantitative estimate of drug-likeness (QED) is 0.252. The van der Waals surface area contributed by atoms with Crippen LogP contribution in [0.5, 0.6) is 0 Å². The first-order valence-corrected chi connectivity index (χ1v) is 5.26. The van der Waals surface area contributed by atoms with Crippen LogP contribution in [0.3, 0.4) is 0 Å². The Morgan fingerprint density at radius 2 is 1.38 bits per heavy atom. The Morgan fingerprint density at radius 3 is 1.69 bits per heavy atom. The van der Waals surface area contributed by atoms with Gasteiger partial charge in [0.2, 0.25) is 0 Å². The van der Waals surface area contributed by atoms with Crippen molar-refractivity contribution in [1.82, 2.24) is 0 Å². The second-order valence-corrected chi connectivity index (χ2v) is 3.69. The van der Waals surface area contributed by atoms with Crippen molar-refractivity contribution in [1.29, 1.82) is 0 Å². The summed E-state index contributed by atoms with van der Waals surface area (Å²) in [6.45, 7) is -0.634. The molecule has 0 aliphatic heterocycles. The number of hydrogen-bond donors (Lipinski definition) is 4. The highest BCUT2D eigenvalue weighted by atomic mass is 16.3. The number of nitrogens with zero attached hydrogens (tertiary/aromatic N) is 3. The van der Waals surface area contributed by atoms with E-state index in [9.17, 15) is 0 Å². The molecule has 0 aromatic heterocycles. The Balaban J connectivity index is 3.92. The summed E-state index contributed by atoms with van der Waals surface area (Å²) in [6, 6.07) is -0.326. The standard InChI is InChI=1S/C9H19N3O4/c10-12-11-7(1-3-8(15)5-13)2-4-9(16)6-14/h7-9,13-16H,1-6H2. The van der Waals surface area contributed by atoms with Crippen molar-refractivity contribution in [2.45, 2.75) is 43.9 Å². The molecule has 0 aliphatic carbocycles. The average molecular weight is 233 g/mol. The molecule has 4 N–H and O–H groups in total. The molecular formula is C9H19N3O4. The van der Waals surface area contributed by atoms with Crippen molar-refractivity contribution in [2.24, 2.45) is 5.11 Å². The van der Waals surface area contributed by atoms with Crippen LogP contribution >= 0.6 is 0 Å². The maximum Gasteiger partial charge on any atom is 0.0771 e. The Labute approximate surface area is 94.0 Å². The minimum absolute atomic E-state index is 0.317. The molecule has 0 saturated heterocycles. The van der Waals surface area contributed by atoms with Crippen molar-refractivity contribution in [3.8, 4) is 0 Å². The summed E-state index contributed by atoms with van der Waals surface area (Å²) in [5.41, 5.74) is 8.32. The molecule has 0 spiro atoms. The molecule has 0 aromatic rings. The molecule has 0 bridgehead atoms. The largest absolute Gasteiger partial charge is 0.394 e. The Hall–Kier alpha value is -0.850. The van der Waals surface area contributed by atoms with Crippen molar-refractivity contribution in [3.05, 3.63) is 10.4 Å². The fourth-order valence-corrected chi connectivity index (χ4v) is 1.28. The number of hydrogen-bond acceptors (Lipinski definition) is 5. The third kappa shape index (κ3) is 7.44. The Bertz CT molecular complexity index is 207. The van der Waals surface area contributed by atoms with Crippen molar-refractivity contribution in [2.75, 3.05) is 13.2 Å². The second kappa shape index (κ2) is 9.38. The van der Waals surface area contributed by atoms with Gasteiger partial charge in [0, 0.05) is 11.0 Å². The molecule has 2 atom stereocenters. The third-order valence-corrected chi connectivity index (χ3v) is 2.30. The Kier molecular flexibility index (Phi) is 8.88. The Morgan fingerprint density at radius 1 is 0.938 bits per heavy atom. The van der Waals surface area contributed by atoms with E-state index in [1.54, 1.807) is 0 Å². The van der Waals surface area contributed by atoms with Gasteiger partial charge in [-0.05, 0) is 31.2 Å². The van der Waals surface area contributed by atoms with Gasteiger partial charge in [-0.1, -0.05) is 5.11 Å². The fourth-order valence-electron chi connectivity index (χ4n) is 1.28. The highest BCUT2D eigenvalue weighted by Gasteiger charge is 2.12. The molecule has 16 heavy (non-hydrogen) atoms. The van der Waals surface area contributed by atoms with Gasteiger partial charge in [-0.25, -0.2) is 0 Å². The van der Waals surface area contributed by atoms with Crippen LogP contribution in [0.2, 0.25) is 0 Å². The van der Waals surface area contributed by atoms with Crippen LogP contribution in [0.25, 0.3) is 10.4 Å². The molecule has 0 rings (SSSR count). The minimum Gasteiger partial charge on any atom is -0.394 e. The molecule has 2 unspecified atom stereocenters. The van der Waals surface area contributed by atoms with Gasteiger partial charge >= 0.3 is 0 Å². The summed E-state index contributed by atoms with van der Waals surface area (Å²) < 4.78 is 0. The summed E-state index contributed by atoms with van der Waals surface area (Å²) in [7, 11) is 0. The lowest BCUT2D eigenvalue weighted by atomic mass is 10.0. The number of aliphatic hydroxyl groups excluding tert-OH is 4. The molecule has 7 heteroatoms. The van der Waals surface area contributed by atoms with Gasteiger partial charge in [-0.15, -0.1) is 0 Å². The van der Waals surface area contributed by atoms with E-state index in [0.29, 0.717) is 25.7 Å². The van der Waals surface area contributed by atoms with Gasteiger partial charge in [0.05, 0.1) is 25.4 Å². The van der Waals surface area contributed by atoms with Crippen molar-refractivity contribution in [3.63, 3.8) is 0 Å². The smallest absolute Gasteiger partial charge is 0.0771 e. The van der Waals surface area contributed by atoms with Crippen LogP contribution in [0, 0.1) is 0 Å². The van der Waals surface area contributed by atoms with Gasteiger partial charge in [-0.2, -0.15) is 0 Å². The maximum absolute atomic E-state index is 9.12. The van der Waals surface area contributed by atoms with E-state index in [4.69, 9.17) is 26.0 Å². The summed E-state index contributed by atoms with van der Waals surface area (Å²) in [4.78, 5) is 2.68. The van der Waals surface area contributed by atoms with E-state index in [0.717, 1.165) is 0 Å². The predicted molar refractivity (Wildman–Crippen MR) is 57.6 cm³/mol. The molecule has 0 radical (unpaired) electrons. The lowest BCUT2D eigenvalue weighted by molar-refractivity contribution is 0.0778. The first kappa shape index (κ1) is 15.2. The van der Waals surface area contributed by atoms with Gasteiger partial charge in [0.15, 0.2) is 0 Å². The minimum atomic E-state index is -0.806. The summed E-state index contributed by atoms with van der Waals surface area (Å²) >= 11 is 0. The molecule has 0 fully saturated rings. The lowest BCUT2D eigenvalue weighted by Crippen LogP contribution is -2.18. The zero-order chi connectivity index (χ0) is 12.4. The second-order valence-electron chi connectivity index (χ2n) is 3.69. The van der Waals surface area contributed by atoms with E-state index in [2.05, 4.69) is 10.0 Å². The van der Waals surface area contributed by atoms with Crippen LogP contribution in [0.1, 0.15) is 25.7 Å². The highest BCUT2D eigenvalue weighted by Crippen LogP contribution is 2.13. The number of azide groups is 1. The van der Waals surface area contributed by atoms with Gasteiger partial charge in [0.25, 0.3) is 0 Å². The zero-order valence-corrected chi connectivity index (χ0v) is 9.11. The molecule has 0 amide bonds. The molecule has 0 aromatic carbocycles. The average Bonchev–Trinajstić information content (AvgIpc) is 2.31. The number of rotatable bonds is 9. The van der Waals surface area contributed by atoms with Crippen LogP contribution in [0.15, 0.2) is 5.11 Å². The van der Waals surface area contributed by atoms with Crippen LogP contribution in [-0.4, -0.2) is 51.9 Å². The van der Waals surface area contributed by atoms with Crippen LogP contribution in [-0.2, 0) is 0 Å². The van der Waals surface area contributed by atoms with E-state index in [-0.39, 0.29) is 19.3 Å². The topological polar surface area (TPSA) is 130 Å². The predicted octanol–water partition coefficient (Wildman–Crippen LogP) is -0.0679. The van der Waals surface area contributed by atoms with Gasteiger partial charge in [-0.3, -0.25) is 0 Å². The van der Waals surface area contributed by atoms with Crippen molar-refractivity contribution < 1.29 is 20.4 Å². The van der Waals surface area contributed by atoms with E-state index in [1.807, 2.05) is 0 Å². The fraction of sp³-hybridized carbons (Fsp3) is 1.00. The van der Waals surface area contributed by atoms with Gasteiger partial charge in [0.1, 0.15) is 0 Å². The summed E-state index contributed by atoms with van der Waals surface area (Å²) in [5.74, 6) is 0. The highest BCUT2D eigenvalue weighted by molar-refractivity contribution is 4.71. The maximum atomic E-state index is 9.12. The molecule has 0 heterocycles. The lowest BCUT2D eigenvalue weighted by Gasteiger charge is -2.14. The SMILES string of the molecule is [N-]=[N+]=NC(CCC(O)CO)CCC(O)CO. The van der Waals surface area contributed by atoms with Crippen LogP contribution < -0.4 is 0 Å². The number of aliphatic hydroxyl groups is 4. The van der Waals surface area contributed by atoms with E-state index >= 15 is 0 Å². The monoisotopic (exact) mass is 233 g/mol. The third-order valence-electron chi connectivity index (χ3n) is 2.30. The van der Waals surface area contributed by atoms with Crippen molar-refractivity contribution >= 4 is 0 Å². The van der Waals surface area contributed by atoms with E-state index < -0.39 is 12.2 Å². The van der Waals surface area contributed by atoms with E-state index in [1.165, 1.54) is 0 Å². The van der Waals surface area contributed by atoms with Gasteiger partial charge < -0.3 is 20.4 Å². The normalized spacial score (nSPS) is 16.2. The molecule has 0 aliphatic rings. The molecule has 0 saturated carbocycles. The molecule has 7 nitrogen and oxygen atoms in total. The van der Waals surface area contributed by atoms with Crippen LogP contribution in [0.4, 0.5) is 0 Å². The summed E-state index contributed by atoms with van der Waals surface area (Å²) in [6.07, 6.45) is -0.0306. The molecular weight excluding hydrogens is 214 g/mol. The first-order chi connectivity index (χ1) is 7.63. The summed E-state index contributed by atoms with van der Waals surface area (Å²) in [5, 5.41) is 39.0. The first-order valence-electron chi connectivity index (χ1n) is 5.26. The molecule has 94 valence electrons. The zero-order valence-electron chi connectivity index (χ0n) is 9.11.